The van der Waals surface area contributed by atoms with E-state index in [1.165, 1.54) is 12.1 Å². The fourth-order valence-electron chi connectivity index (χ4n) is 5.33. The molecule has 0 unspecified atom stereocenters. The Balaban J connectivity index is 1.49. The average molecular weight is 526 g/mol. The summed E-state index contributed by atoms with van der Waals surface area (Å²) in [5, 5.41) is 14.1. The van der Waals surface area contributed by atoms with E-state index in [1.807, 2.05) is 36.9 Å². The van der Waals surface area contributed by atoms with Crippen LogP contribution >= 0.6 is 0 Å². The second kappa shape index (κ2) is 10.5. The molecule has 1 saturated heterocycles. The predicted octanol–water partition coefficient (Wildman–Crippen LogP) is 4.99. The molecular formula is C29H33F2N3O4. The topological polar surface area (TPSA) is 96.5 Å². The van der Waals surface area contributed by atoms with Crippen LogP contribution in [0, 0.1) is 17.0 Å². The van der Waals surface area contributed by atoms with Gasteiger partial charge in [0.15, 0.2) is 11.5 Å². The number of hydrogen-bond acceptors (Lipinski definition) is 7. The summed E-state index contributed by atoms with van der Waals surface area (Å²) in [7, 11) is 0. The van der Waals surface area contributed by atoms with Gasteiger partial charge in [0.05, 0.1) is 11.2 Å². The summed E-state index contributed by atoms with van der Waals surface area (Å²) in [5.41, 5.74) is -1.18. The summed E-state index contributed by atoms with van der Waals surface area (Å²) in [5.74, 6) is -1.84. The molecule has 202 valence electrons. The minimum atomic E-state index is -0.915. The molecular weight excluding hydrogens is 492 g/mol. The lowest BCUT2D eigenvalue weighted by atomic mass is 9.69. The maximum Gasteiger partial charge on any atom is 0.185 e. The van der Waals surface area contributed by atoms with Gasteiger partial charge >= 0.3 is 0 Å². The number of β-amino-alcohol motifs (C(OH)–C–C–N with tert-alkyl or cyclic N) is 1. The molecule has 0 aliphatic carbocycles. The Morgan fingerprint density at radius 1 is 1.08 bits per heavy atom. The lowest BCUT2D eigenvalue weighted by Crippen LogP contribution is -2.60. The molecule has 2 aromatic heterocycles. The Labute approximate surface area is 220 Å². The van der Waals surface area contributed by atoms with Gasteiger partial charge < -0.3 is 9.63 Å². The van der Waals surface area contributed by atoms with Crippen molar-refractivity contribution in [3.05, 3.63) is 71.7 Å². The number of carbonyl (C=O) groups excluding carboxylic acids is 2. The summed E-state index contributed by atoms with van der Waals surface area (Å²) in [6, 6.07) is 10.0. The first-order valence-electron chi connectivity index (χ1n) is 12.6. The van der Waals surface area contributed by atoms with Crippen LogP contribution in [-0.4, -0.2) is 56.9 Å². The minimum Gasteiger partial charge on any atom is -0.389 e. The number of carbonyl (C=O) groups is 2. The number of Topliss-reactive ketones (excluding diaryl/α,β-unsaturated/α-hetero) is 2. The number of hydrogen-bond donors (Lipinski definition) is 1. The number of ketones is 2. The lowest BCUT2D eigenvalue weighted by Gasteiger charge is -2.51. The van der Waals surface area contributed by atoms with Crippen LogP contribution < -0.4 is 0 Å². The third kappa shape index (κ3) is 6.57. The molecule has 1 aromatic carbocycles. The van der Waals surface area contributed by atoms with Gasteiger partial charge in [0.2, 0.25) is 0 Å². The molecule has 7 nitrogen and oxygen atoms in total. The van der Waals surface area contributed by atoms with Crippen LogP contribution in [0.1, 0.15) is 63.1 Å². The molecule has 1 aliphatic heterocycles. The Morgan fingerprint density at radius 2 is 1.82 bits per heavy atom. The number of aromatic nitrogens is 2. The molecule has 9 heteroatoms. The molecule has 0 atom stereocenters. The molecule has 0 saturated carbocycles. The molecule has 0 bridgehead atoms. The maximum absolute atomic E-state index is 14.2. The van der Waals surface area contributed by atoms with Gasteiger partial charge in [-0.25, -0.2) is 8.78 Å². The maximum atomic E-state index is 14.2. The highest BCUT2D eigenvalue weighted by atomic mass is 19.1. The summed E-state index contributed by atoms with van der Waals surface area (Å²) in [6.45, 7) is 8.71. The average Bonchev–Trinajstić information content (AvgIpc) is 3.27. The van der Waals surface area contributed by atoms with Gasteiger partial charge in [0.25, 0.3) is 0 Å². The standard InChI is InChI=1S/C29H33F2N3O4/c1-27(2,26-7-5-6-10-32-26)13-20(35)14-29(17-34(18-29)16-28(3,4)37)15-24(36)23-12-25(38-33-23)21-9-8-19(30)11-22(21)31/h5-12,37H,13-18H2,1-4H3. The first kappa shape index (κ1) is 27.7. The van der Waals surface area contributed by atoms with Crippen LogP contribution in [0.3, 0.4) is 0 Å². The fourth-order valence-corrected chi connectivity index (χ4v) is 5.33. The van der Waals surface area contributed by atoms with E-state index in [2.05, 4.69) is 10.1 Å². The summed E-state index contributed by atoms with van der Waals surface area (Å²) in [4.78, 5) is 33.0. The smallest absolute Gasteiger partial charge is 0.185 e. The molecule has 3 aromatic rings. The monoisotopic (exact) mass is 525 g/mol. The molecule has 0 spiro atoms. The van der Waals surface area contributed by atoms with E-state index >= 15 is 0 Å². The van der Waals surface area contributed by atoms with E-state index in [0.717, 1.165) is 17.8 Å². The van der Waals surface area contributed by atoms with Crippen molar-refractivity contribution in [2.45, 2.75) is 58.0 Å². The van der Waals surface area contributed by atoms with E-state index in [-0.39, 0.29) is 47.8 Å². The Morgan fingerprint density at radius 3 is 2.45 bits per heavy atom. The van der Waals surface area contributed by atoms with Crippen molar-refractivity contribution < 1.29 is 28.0 Å². The largest absolute Gasteiger partial charge is 0.389 e. The molecule has 0 radical (unpaired) electrons. The van der Waals surface area contributed by atoms with E-state index < -0.39 is 28.1 Å². The first-order chi connectivity index (χ1) is 17.8. The number of pyridine rings is 1. The van der Waals surface area contributed by atoms with E-state index in [4.69, 9.17) is 4.52 Å². The fraction of sp³-hybridized carbons (Fsp3) is 0.448. The van der Waals surface area contributed by atoms with Crippen molar-refractivity contribution in [2.24, 2.45) is 5.41 Å². The van der Waals surface area contributed by atoms with Crippen molar-refractivity contribution in [1.82, 2.24) is 15.0 Å². The zero-order chi connectivity index (χ0) is 27.7. The van der Waals surface area contributed by atoms with Crippen molar-refractivity contribution in [3.63, 3.8) is 0 Å². The minimum absolute atomic E-state index is 0.000379. The van der Waals surface area contributed by atoms with Crippen LogP contribution in [0.4, 0.5) is 8.78 Å². The van der Waals surface area contributed by atoms with Gasteiger partial charge in [0, 0.05) is 73.8 Å². The zero-order valence-corrected chi connectivity index (χ0v) is 22.1. The van der Waals surface area contributed by atoms with Crippen molar-refractivity contribution >= 4 is 11.6 Å². The third-order valence-corrected chi connectivity index (χ3v) is 6.83. The Kier molecular flexibility index (Phi) is 7.63. The first-order valence-corrected chi connectivity index (χ1v) is 12.6. The number of rotatable bonds is 11. The molecule has 1 N–H and O–H groups in total. The lowest BCUT2D eigenvalue weighted by molar-refractivity contribution is -0.127. The van der Waals surface area contributed by atoms with Gasteiger partial charge in [0.1, 0.15) is 23.1 Å². The zero-order valence-electron chi connectivity index (χ0n) is 22.1. The summed E-state index contributed by atoms with van der Waals surface area (Å²) >= 11 is 0. The number of halogens is 2. The van der Waals surface area contributed by atoms with Gasteiger partial charge in [-0.2, -0.15) is 0 Å². The van der Waals surface area contributed by atoms with Crippen LogP contribution in [-0.2, 0) is 10.2 Å². The highest BCUT2D eigenvalue weighted by Gasteiger charge is 2.47. The summed E-state index contributed by atoms with van der Waals surface area (Å²) < 4.78 is 32.6. The second-order valence-electron chi connectivity index (χ2n) is 11.7. The quantitative estimate of drug-likeness (QED) is 0.353. The van der Waals surface area contributed by atoms with Gasteiger partial charge in [-0.05, 0) is 38.1 Å². The van der Waals surface area contributed by atoms with Crippen LogP contribution in [0.25, 0.3) is 11.3 Å². The highest BCUT2D eigenvalue weighted by molar-refractivity contribution is 5.96. The molecule has 4 rings (SSSR count). The van der Waals surface area contributed by atoms with Gasteiger partial charge in [-0.3, -0.25) is 19.5 Å². The molecule has 0 amide bonds. The van der Waals surface area contributed by atoms with Crippen molar-refractivity contribution in [1.29, 1.82) is 0 Å². The summed E-state index contributed by atoms with van der Waals surface area (Å²) in [6.07, 6.45) is 2.20. The van der Waals surface area contributed by atoms with E-state index in [9.17, 15) is 23.5 Å². The van der Waals surface area contributed by atoms with Crippen LogP contribution in [0.15, 0.2) is 53.2 Å². The molecule has 38 heavy (non-hydrogen) atoms. The normalized spacial score (nSPS) is 15.8. The molecule has 1 fully saturated rings. The Hall–Kier alpha value is -3.30. The van der Waals surface area contributed by atoms with Gasteiger partial charge in [-0.15, -0.1) is 0 Å². The molecule has 3 heterocycles. The third-order valence-electron chi connectivity index (χ3n) is 6.83. The highest BCUT2D eigenvalue weighted by Crippen LogP contribution is 2.41. The number of benzene rings is 1. The Bertz CT molecular complexity index is 1310. The van der Waals surface area contributed by atoms with E-state index in [1.54, 1.807) is 20.0 Å². The van der Waals surface area contributed by atoms with Crippen molar-refractivity contribution in [2.75, 3.05) is 19.6 Å². The van der Waals surface area contributed by atoms with Crippen LogP contribution in [0.5, 0.6) is 0 Å². The predicted molar refractivity (Wildman–Crippen MR) is 137 cm³/mol. The van der Waals surface area contributed by atoms with Crippen LogP contribution in [0.2, 0.25) is 0 Å². The molecule has 1 aliphatic rings. The number of likely N-dealkylation sites (tertiary alicyclic amines) is 1. The number of nitrogens with zero attached hydrogens (tertiary/aromatic N) is 3. The second-order valence-corrected chi connectivity index (χ2v) is 11.7. The van der Waals surface area contributed by atoms with Crippen molar-refractivity contribution in [3.8, 4) is 11.3 Å². The SMILES string of the molecule is CC(C)(O)CN1CC(CC(=O)CC(C)(C)c2ccccn2)(CC(=O)c2cc(-c3ccc(F)cc3F)on2)C1. The van der Waals surface area contributed by atoms with E-state index in [0.29, 0.717) is 19.6 Å². The number of aliphatic hydroxyl groups is 1. The van der Waals surface area contributed by atoms with Gasteiger partial charge in [-0.1, -0.05) is 25.1 Å².